The van der Waals surface area contributed by atoms with Crippen LogP contribution in [0, 0.1) is 5.92 Å². The molecule has 104 valence electrons. The summed E-state index contributed by atoms with van der Waals surface area (Å²) in [6.07, 6.45) is 3.61. The Labute approximate surface area is 111 Å². The molecule has 0 aliphatic rings. The molecule has 0 bridgehead atoms. The highest BCUT2D eigenvalue weighted by molar-refractivity contribution is 5.06. The fraction of sp³-hybridized carbons (Fsp3) is 0.733. The van der Waals surface area contributed by atoms with Crippen LogP contribution in [0.5, 0.6) is 0 Å². The van der Waals surface area contributed by atoms with E-state index in [4.69, 9.17) is 9.15 Å². The highest BCUT2D eigenvalue weighted by Gasteiger charge is 2.02. The standard InChI is InChI=1S/C15H27NO2/c1-4-5-6-9-17-12-15-8-7-14(18-15)11-16-10-13(2)3/h7-8,13,16H,4-6,9-12H2,1-3H3. The molecule has 1 heterocycles. The first kappa shape index (κ1) is 15.3. The smallest absolute Gasteiger partial charge is 0.129 e. The predicted molar refractivity (Wildman–Crippen MR) is 74.4 cm³/mol. The van der Waals surface area contributed by atoms with E-state index in [-0.39, 0.29) is 0 Å². The van der Waals surface area contributed by atoms with Gasteiger partial charge in [-0.3, -0.25) is 0 Å². The largest absolute Gasteiger partial charge is 0.462 e. The highest BCUT2D eigenvalue weighted by atomic mass is 16.5. The summed E-state index contributed by atoms with van der Waals surface area (Å²) in [6, 6.07) is 4.03. The summed E-state index contributed by atoms with van der Waals surface area (Å²) in [7, 11) is 0. The Balaban J connectivity index is 2.13. The van der Waals surface area contributed by atoms with Crippen molar-refractivity contribution in [2.75, 3.05) is 13.2 Å². The summed E-state index contributed by atoms with van der Waals surface area (Å²) in [5.74, 6) is 2.58. The van der Waals surface area contributed by atoms with Gasteiger partial charge in [0.1, 0.15) is 18.1 Å². The van der Waals surface area contributed by atoms with Gasteiger partial charge in [-0.05, 0) is 31.0 Å². The molecule has 18 heavy (non-hydrogen) atoms. The summed E-state index contributed by atoms with van der Waals surface area (Å²) in [5.41, 5.74) is 0. The number of hydrogen-bond donors (Lipinski definition) is 1. The van der Waals surface area contributed by atoms with Crippen molar-refractivity contribution in [3.05, 3.63) is 23.7 Å². The van der Waals surface area contributed by atoms with Gasteiger partial charge in [-0.1, -0.05) is 33.6 Å². The Bertz CT molecular complexity index is 307. The fourth-order valence-corrected chi connectivity index (χ4v) is 1.71. The lowest BCUT2D eigenvalue weighted by Gasteiger charge is -2.05. The number of hydrogen-bond acceptors (Lipinski definition) is 3. The summed E-state index contributed by atoms with van der Waals surface area (Å²) < 4.78 is 11.2. The van der Waals surface area contributed by atoms with Crippen LogP contribution in [0.3, 0.4) is 0 Å². The molecule has 0 fully saturated rings. The highest BCUT2D eigenvalue weighted by Crippen LogP contribution is 2.09. The van der Waals surface area contributed by atoms with Crippen LogP contribution >= 0.6 is 0 Å². The number of furan rings is 1. The Hall–Kier alpha value is -0.800. The second-order valence-corrected chi connectivity index (χ2v) is 5.15. The monoisotopic (exact) mass is 253 g/mol. The van der Waals surface area contributed by atoms with Gasteiger partial charge in [0.15, 0.2) is 0 Å². The molecule has 1 N–H and O–H groups in total. The van der Waals surface area contributed by atoms with E-state index in [1.807, 2.05) is 12.1 Å². The second-order valence-electron chi connectivity index (χ2n) is 5.15. The summed E-state index contributed by atoms with van der Waals surface area (Å²) >= 11 is 0. The van der Waals surface area contributed by atoms with Crippen molar-refractivity contribution in [3.63, 3.8) is 0 Å². The van der Waals surface area contributed by atoms with Crippen molar-refractivity contribution in [2.45, 2.75) is 53.2 Å². The van der Waals surface area contributed by atoms with Gasteiger partial charge in [0.05, 0.1) is 6.54 Å². The van der Waals surface area contributed by atoms with Gasteiger partial charge in [-0.15, -0.1) is 0 Å². The second kappa shape index (κ2) is 9.17. The predicted octanol–water partition coefficient (Wildman–Crippen LogP) is 3.73. The molecule has 0 aliphatic heterocycles. The van der Waals surface area contributed by atoms with Crippen LogP contribution in [0.2, 0.25) is 0 Å². The number of ether oxygens (including phenoxy) is 1. The van der Waals surface area contributed by atoms with Gasteiger partial charge in [0.2, 0.25) is 0 Å². The van der Waals surface area contributed by atoms with E-state index in [1.54, 1.807) is 0 Å². The van der Waals surface area contributed by atoms with Crippen molar-refractivity contribution < 1.29 is 9.15 Å². The molecule has 3 nitrogen and oxygen atoms in total. The SMILES string of the molecule is CCCCCOCc1ccc(CNCC(C)C)o1. The van der Waals surface area contributed by atoms with E-state index in [0.29, 0.717) is 12.5 Å². The molecule has 1 aromatic heterocycles. The third-order valence-electron chi connectivity index (χ3n) is 2.71. The molecule has 0 atom stereocenters. The molecule has 0 unspecified atom stereocenters. The van der Waals surface area contributed by atoms with E-state index in [9.17, 15) is 0 Å². The molecule has 0 saturated carbocycles. The van der Waals surface area contributed by atoms with Crippen molar-refractivity contribution in [1.82, 2.24) is 5.32 Å². The zero-order valence-corrected chi connectivity index (χ0v) is 12.0. The van der Waals surface area contributed by atoms with Gasteiger partial charge >= 0.3 is 0 Å². The minimum absolute atomic E-state index is 0.591. The van der Waals surface area contributed by atoms with Crippen LogP contribution in [0.25, 0.3) is 0 Å². The molecule has 0 aromatic carbocycles. The maximum Gasteiger partial charge on any atom is 0.129 e. The van der Waals surface area contributed by atoms with E-state index in [1.165, 1.54) is 12.8 Å². The number of nitrogens with one attached hydrogen (secondary N) is 1. The molecule has 0 saturated heterocycles. The zero-order valence-electron chi connectivity index (χ0n) is 12.0. The maximum atomic E-state index is 5.68. The van der Waals surface area contributed by atoms with E-state index < -0.39 is 0 Å². The molecule has 0 spiro atoms. The first-order chi connectivity index (χ1) is 8.72. The lowest BCUT2D eigenvalue weighted by atomic mass is 10.2. The Morgan fingerprint density at radius 1 is 1.22 bits per heavy atom. The lowest BCUT2D eigenvalue weighted by molar-refractivity contribution is 0.102. The van der Waals surface area contributed by atoms with Gasteiger partial charge in [0, 0.05) is 6.61 Å². The molecule has 1 aromatic rings. The van der Waals surface area contributed by atoms with Crippen LogP contribution in [0.1, 0.15) is 51.6 Å². The molecular formula is C15H27NO2. The Kier molecular flexibility index (Phi) is 7.78. The summed E-state index contributed by atoms with van der Waals surface area (Å²) in [6.45, 7) is 9.83. The first-order valence-corrected chi connectivity index (χ1v) is 7.08. The van der Waals surface area contributed by atoms with Crippen molar-refractivity contribution in [1.29, 1.82) is 0 Å². The maximum absolute atomic E-state index is 5.68. The molecule has 0 amide bonds. The average molecular weight is 253 g/mol. The van der Waals surface area contributed by atoms with Crippen LogP contribution in [0.4, 0.5) is 0 Å². The van der Waals surface area contributed by atoms with Crippen molar-refractivity contribution in [3.8, 4) is 0 Å². The van der Waals surface area contributed by atoms with E-state index >= 15 is 0 Å². The number of rotatable bonds is 10. The third-order valence-corrected chi connectivity index (χ3v) is 2.71. The fourth-order valence-electron chi connectivity index (χ4n) is 1.71. The average Bonchev–Trinajstić information content (AvgIpc) is 2.76. The van der Waals surface area contributed by atoms with Gasteiger partial charge in [-0.25, -0.2) is 0 Å². The third kappa shape index (κ3) is 6.82. The van der Waals surface area contributed by atoms with Gasteiger partial charge < -0.3 is 14.5 Å². The minimum atomic E-state index is 0.591. The van der Waals surface area contributed by atoms with Crippen LogP contribution in [0.15, 0.2) is 16.5 Å². The topological polar surface area (TPSA) is 34.4 Å². The Morgan fingerprint density at radius 3 is 2.72 bits per heavy atom. The van der Waals surface area contributed by atoms with E-state index in [0.717, 1.165) is 37.6 Å². The van der Waals surface area contributed by atoms with Crippen LogP contribution in [-0.4, -0.2) is 13.2 Å². The first-order valence-electron chi connectivity index (χ1n) is 7.08. The molecular weight excluding hydrogens is 226 g/mol. The lowest BCUT2D eigenvalue weighted by Crippen LogP contribution is -2.18. The van der Waals surface area contributed by atoms with Crippen LogP contribution in [-0.2, 0) is 17.9 Å². The quantitative estimate of drug-likeness (QED) is 0.645. The Morgan fingerprint density at radius 2 is 2.00 bits per heavy atom. The number of unbranched alkanes of at least 4 members (excludes halogenated alkanes) is 2. The van der Waals surface area contributed by atoms with Crippen molar-refractivity contribution in [2.24, 2.45) is 5.92 Å². The van der Waals surface area contributed by atoms with Crippen LogP contribution < -0.4 is 5.32 Å². The van der Waals surface area contributed by atoms with Crippen molar-refractivity contribution >= 4 is 0 Å². The molecule has 1 rings (SSSR count). The van der Waals surface area contributed by atoms with Gasteiger partial charge in [0.25, 0.3) is 0 Å². The molecule has 3 heteroatoms. The minimum Gasteiger partial charge on any atom is -0.462 e. The molecule has 0 radical (unpaired) electrons. The van der Waals surface area contributed by atoms with E-state index in [2.05, 4.69) is 26.1 Å². The zero-order chi connectivity index (χ0) is 13.2. The summed E-state index contributed by atoms with van der Waals surface area (Å²) in [5, 5.41) is 3.36. The normalized spacial score (nSPS) is 11.3. The molecule has 0 aliphatic carbocycles. The van der Waals surface area contributed by atoms with Gasteiger partial charge in [-0.2, -0.15) is 0 Å². The summed E-state index contributed by atoms with van der Waals surface area (Å²) in [4.78, 5) is 0.